The fourth-order valence-corrected chi connectivity index (χ4v) is 3.15. The maximum absolute atomic E-state index is 5.53. The first-order chi connectivity index (χ1) is 9.58. The highest BCUT2D eigenvalue weighted by Gasteiger charge is 2.26. The summed E-state index contributed by atoms with van der Waals surface area (Å²) in [5.41, 5.74) is 7.92. The molecule has 0 saturated heterocycles. The van der Waals surface area contributed by atoms with Gasteiger partial charge in [0.15, 0.2) is 0 Å². The van der Waals surface area contributed by atoms with E-state index >= 15 is 0 Å². The molecule has 0 fully saturated rings. The van der Waals surface area contributed by atoms with Crippen LogP contribution in [0.3, 0.4) is 0 Å². The van der Waals surface area contributed by atoms with E-state index in [0.717, 1.165) is 12.2 Å². The molecule has 1 atom stereocenters. The lowest BCUT2D eigenvalue weighted by Crippen LogP contribution is -2.08. The Balaban J connectivity index is 2.00. The summed E-state index contributed by atoms with van der Waals surface area (Å²) in [6.45, 7) is 6.47. The van der Waals surface area contributed by atoms with Crippen molar-refractivity contribution < 1.29 is 4.74 Å². The molecular formula is C18H21NO. The Hall–Kier alpha value is -1.96. The largest absolute Gasteiger partial charge is 0.496 e. The molecule has 2 nitrogen and oxygen atoms in total. The van der Waals surface area contributed by atoms with Gasteiger partial charge in [0.25, 0.3) is 0 Å². The molecule has 0 aromatic heterocycles. The number of benzene rings is 2. The summed E-state index contributed by atoms with van der Waals surface area (Å²) in [4.78, 5) is 0. The predicted octanol–water partition coefficient (Wildman–Crippen LogP) is 4.33. The minimum atomic E-state index is 0.306. The van der Waals surface area contributed by atoms with Crippen LogP contribution in [0.1, 0.15) is 33.9 Å². The summed E-state index contributed by atoms with van der Waals surface area (Å²) >= 11 is 0. The van der Waals surface area contributed by atoms with Crippen LogP contribution in [0.15, 0.2) is 30.3 Å². The quantitative estimate of drug-likeness (QED) is 0.874. The number of nitrogens with one attached hydrogen (secondary N) is 1. The Kier molecular flexibility index (Phi) is 3.17. The van der Waals surface area contributed by atoms with E-state index in [9.17, 15) is 0 Å². The lowest BCUT2D eigenvalue weighted by Gasteiger charge is -2.16. The van der Waals surface area contributed by atoms with Gasteiger partial charge in [-0.3, -0.25) is 0 Å². The third-order valence-electron chi connectivity index (χ3n) is 4.12. The first-order valence-corrected chi connectivity index (χ1v) is 7.09. The second-order valence-corrected chi connectivity index (χ2v) is 5.75. The van der Waals surface area contributed by atoms with Crippen LogP contribution in [0.2, 0.25) is 0 Å². The molecule has 1 aliphatic heterocycles. The van der Waals surface area contributed by atoms with Gasteiger partial charge in [-0.2, -0.15) is 0 Å². The first kappa shape index (κ1) is 13.0. The third kappa shape index (κ3) is 2.15. The van der Waals surface area contributed by atoms with Gasteiger partial charge in [-0.25, -0.2) is 0 Å². The van der Waals surface area contributed by atoms with Gasteiger partial charge in [-0.15, -0.1) is 0 Å². The third-order valence-corrected chi connectivity index (χ3v) is 4.12. The van der Waals surface area contributed by atoms with Crippen molar-refractivity contribution in [3.8, 4) is 5.75 Å². The van der Waals surface area contributed by atoms with Gasteiger partial charge >= 0.3 is 0 Å². The van der Waals surface area contributed by atoms with Crippen LogP contribution in [-0.4, -0.2) is 7.11 Å². The SMILES string of the molecule is COc1ccc(C)cc1C1Cc2c(C)cc(C)cc2N1. The molecule has 1 N–H and O–H groups in total. The molecule has 0 radical (unpaired) electrons. The summed E-state index contributed by atoms with van der Waals surface area (Å²) in [5, 5.41) is 3.65. The number of fused-ring (bicyclic) bond motifs is 1. The molecule has 2 aromatic rings. The molecule has 2 heteroatoms. The number of anilines is 1. The molecule has 104 valence electrons. The Morgan fingerprint density at radius 3 is 2.60 bits per heavy atom. The fourth-order valence-electron chi connectivity index (χ4n) is 3.15. The van der Waals surface area contributed by atoms with E-state index in [1.807, 2.05) is 0 Å². The smallest absolute Gasteiger partial charge is 0.124 e. The van der Waals surface area contributed by atoms with E-state index in [1.54, 1.807) is 7.11 Å². The zero-order valence-corrected chi connectivity index (χ0v) is 12.6. The molecule has 1 heterocycles. The van der Waals surface area contributed by atoms with Crippen molar-refractivity contribution in [3.63, 3.8) is 0 Å². The normalized spacial score (nSPS) is 16.7. The maximum atomic E-state index is 5.53. The number of hydrogen-bond donors (Lipinski definition) is 1. The van der Waals surface area contributed by atoms with Gasteiger partial charge in [-0.1, -0.05) is 23.8 Å². The van der Waals surface area contributed by atoms with Crippen molar-refractivity contribution in [3.05, 3.63) is 58.1 Å². The first-order valence-electron chi connectivity index (χ1n) is 7.09. The van der Waals surface area contributed by atoms with Crippen LogP contribution in [0, 0.1) is 20.8 Å². The summed E-state index contributed by atoms with van der Waals surface area (Å²) < 4.78 is 5.53. The highest BCUT2D eigenvalue weighted by molar-refractivity contribution is 5.63. The summed E-state index contributed by atoms with van der Waals surface area (Å²) in [5.74, 6) is 0.968. The minimum absolute atomic E-state index is 0.306. The molecule has 2 aromatic carbocycles. The number of hydrogen-bond acceptors (Lipinski definition) is 2. The van der Waals surface area contributed by atoms with E-state index in [2.05, 4.69) is 56.4 Å². The molecule has 0 aliphatic carbocycles. The van der Waals surface area contributed by atoms with Crippen LogP contribution in [0.5, 0.6) is 5.75 Å². The molecule has 20 heavy (non-hydrogen) atoms. The molecule has 0 amide bonds. The standard InChI is InChI=1S/C18H21NO/c1-11-5-6-18(20-4)15(8-11)17-10-14-13(3)7-12(2)9-16(14)19-17/h5-9,17,19H,10H2,1-4H3. The van der Waals surface area contributed by atoms with Gasteiger partial charge in [0.1, 0.15) is 5.75 Å². The number of ether oxygens (including phenoxy) is 1. The molecule has 1 unspecified atom stereocenters. The fraction of sp³-hybridized carbons (Fsp3) is 0.333. The number of methoxy groups -OCH3 is 1. The van der Waals surface area contributed by atoms with Gasteiger partial charge in [0.05, 0.1) is 13.2 Å². The minimum Gasteiger partial charge on any atom is -0.496 e. The Morgan fingerprint density at radius 1 is 1.05 bits per heavy atom. The molecule has 0 saturated carbocycles. The van der Waals surface area contributed by atoms with Crippen molar-refractivity contribution in [2.45, 2.75) is 33.2 Å². The van der Waals surface area contributed by atoms with E-state index in [4.69, 9.17) is 4.74 Å². The van der Waals surface area contributed by atoms with Crippen molar-refractivity contribution in [1.29, 1.82) is 0 Å². The molecule has 3 rings (SSSR count). The Labute approximate surface area is 120 Å². The van der Waals surface area contributed by atoms with Crippen LogP contribution < -0.4 is 10.1 Å². The van der Waals surface area contributed by atoms with Crippen molar-refractivity contribution in [2.24, 2.45) is 0 Å². The Morgan fingerprint density at radius 2 is 1.85 bits per heavy atom. The van der Waals surface area contributed by atoms with Gasteiger partial charge < -0.3 is 10.1 Å². The second kappa shape index (κ2) is 4.86. The molecule has 0 spiro atoms. The molecular weight excluding hydrogens is 246 g/mol. The van der Waals surface area contributed by atoms with Crippen molar-refractivity contribution >= 4 is 5.69 Å². The second-order valence-electron chi connectivity index (χ2n) is 5.75. The molecule has 0 bridgehead atoms. The highest BCUT2D eigenvalue weighted by atomic mass is 16.5. The van der Waals surface area contributed by atoms with E-state index in [0.29, 0.717) is 6.04 Å². The topological polar surface area (TPSA) is 21.3 Å². The Bertz CT molecular complexity index is 661. The number of aryl methyl sites for hydroxylation is 3. The van der Waals surface area contributed by atoms with Crippen molar-refractivity contribution in [2.75, 3.05) is 12.4 Å². The van der Waals surface area contributed by atoms with Gasteiger partial charge in [0, 0.05) is 11.3 Å². The number of rotatable bonds is 2. The lowest BCUT2D eigenvalue weighted by molar-refractivity contribution is 0.407. The highest BCUT2D eigenvalue weighted by Crippen LogP contribution is 2.39. The van der Waals surface area contributed by atoms with Crippen LogP contribution in [-0.2, 0) is 6.42 Å². The molecule has 1 aliphatic rings. The van der Waals surface area contributed by atoms with Crippen molar-refractivity contribution in [1.82, 2.24) is 0 Å². The van der Waals surface area contributed by atoms with E-state index < -0.39 is 0 Å². The van der Waals surface area contributed by atoms with Crippen LogP contribution >= 0.6 is 0 Å². The summed E-state index contributed by atoms with van der Waals surface area (Å²) in [7, 11) is 1.74. The van der Waals surface area contributed by atoms with Gasteiger partial charge in [-0.05, 0) is 56.0 Å². The van der Waals surface area contributed by atoms with E-state index in [-0.39, 0.29) is 0 Å². The summed E-state index contributed by atoms with van der Waals surface area (Å²) in [6.07, 6.45) is 1.03. The lowest BCUT2D eigenvalue weighted by atomic mass is 9.97. The maximum Gasteiger partial charge on any atom is 0.124 e. The van der Waals surface area contributed by atoms with Gasteiger partial charge in [0.2, 0.25) is 0 Å². The zero-order chi connectivity index (χ0) is 14.3. The van der Waals surface area contributed by atoms with E-state index in [1.165, 1.54) is 33.5 Å². The average Bonchev–Trinajstić information content (AvgIpc) is 2.82. The zero-order valence-electron chi connectivity index (χ0n) is 12.6. The monoisotopic (exact) mass is 267 g/mol. The predicted molar refractivity (Wildman–Crippen MR) is 83.7 cm³/mol. The van der Waals surface area contributed by atoms with Crippen LogP contribution in [0.25, 0.3) is 0 Å². The van der Waals surface area contributed by atoms with Crippen LogP contribution in [0.4, 0.5) is 5.69 Å². The average molecular weight is 267 g/mol. The summed E-state index contributed by atoms with van der Waals surface area (Å²) in [6, 6.07) is 11.2.